The molecule has 0 unspecified atom stereocenters. The molecule has 2 rings (SSSR count). The molecule has 1 aromatic rings. The molecule has 1 aliphatic heterocycles. The van der Waals surface area contributed by atoms with Crippen molar-refractivity contribution in [3.63, 3.8) is 0 Å². The zero-order valence-corrected chi connectivity index (χ0v) is 6.64. The molecule has 0 aromatic carbocycles. The minimum atomic E-state index is -0.361. The molecule has 62 valence electrons. The van der Waals surface area contributed by atoms with E-state index in [4.69, 9.17) is 9.31 Å². The zero-order valence-electron chi connectivity index (χ0n) is 6.64. The molecule has 1 aliphatic rings. The van der Waals surface area contributed by atoms with Crippen LogP contribution in [0.3, 0.4) is 0 Å². The van der Waals surface area contributed by atoms with E-state index < -0.39 is 0 Å². The molecule has 0 aliphatic carbocycles. The largest absolute Gasteiger partial charge is 0.533 e. The molecular formula is C7H9BN2O2. The maximum absolute atomic E-state index is 5.32. The zero-order chi connectivity index (χ0) is 8.23. The molecule has 0 atom stereocenters. The van der Waals surface area contributed by atoms with Crippen LogP contribution in [0.4, 0.5) is 0 Å². The fourth-order valence-corrected chi connectivity index (χ4v) is 1.07. The van der Waals surface area contributed by atoms with Crippen LogP contribution in [0.2, 0.25) is 0 Å². The summed E-state index contributed by atoms with van der Waals surface area (Å²) >= 11 is 0. The molecular weight excluding hydrogens is 155 g/mol. The molecule has 0 N–H and O–H groups in total. The lowest BCUT2D eigenvalue weighted by Crippen LogP contribution is -2.44. The quantitative estimate of drug-likeness (QED) is 0.530. The van der Waals surface area contributed by atoms with Gasteiger partial charge in [-0.15, -0.1) is 0 Å². The Balaban J connectivity index is 2.08. The average molecular weight is 164 g/mol. The van der Waals surface area contributed by atoms with Gasteiger partial charge in [0.15, 0.2) is 5.72 Å². The number of hydrogen-bond acceptors (Lipinski definition) is 4. The third-order valence-corrected chi connectivity index (χ3v) is 1.62. The Labute approximate surface area is 71.1 Å². The number of nitrogens with zero attached hydrogens (tertiary/aromatic N) is 2. The van der Waals surface area contributed by atoms with Gasteiger partial charge in [-0.25, -0.2) is 9.97 Å². The van der Waals surface area contributed by atoms with E-state index in [1.807, 2.05) is 0 Å². The van der Waals surface area contributed by atoms with Gasteiger partial charge in [-0.1, -0.05) is 0 Å². The highest BCUT2D eigenvalue weighted by molar-refractivity contribution is 6.59. The highest BCUT2D eigenvalue weighted by Crippen LogP contribution is 1.98. The smallest absolute Gasteiger partial charge is 0.405 e. The molecule has 12 heavy (non-hydrogen) atoms. The van der Waals surface area contributed by atoms with Gasteiger partial charge in [0.1, 0.15) is 0 Å². The lowest BCUT2D eigenvalue weighted by atomic mass is 9.87. The van der Waals surface area contributed by atoms with Crippen LogP contribution in [0, 0.1) is 0 Å². The van der Waals surface area contributed by atoms with Gasteiger partial charge in [0, 0.05) is 25.6 Å². The Kier molecular flexibility index (Phi) is 2.34. The fourth-order valence-electron chi connectivity index (χ4n) is 1.07. The van der Waals surface area contributed by atoms with Crippen molar-refractivity contribution in [1.82, 2.24) is 9.97 Å². The van der Waals surface area contributed by atoms with Gasteiger partial charge in [-0.05, 0) is 12.5 Å². The third-order valence-electron chi connectivity index (χ3n) is 1.62. The van der Waals surface area contributed by atoms with E-state index in [0.717, 1.165) is 19.6 Å². The van der Waals surface area contributed by atoms with Crippen molar-refractivity contribution in [2.24, 2.45) is 0 Å². The SMILES string of the molecule is c1cnc(B2OCCCO2)nc1. The maximum atomic E-state index is 5.32. The summed E-state index contributed by atoms with van der Waals surface area (Å²) in [6, 6.07) is 1.77. The second-order valence-electron chi connectivity index (χ2n) is 2.53. The third kappa shape index (κ3) is 1.62. The van der Waals surface area contributed by atoms with Crippen LogP contribution in [-0.2, 0) is 9.31 Å². The van der Waals surface area contributed by atoms with E-state index >= 15 is 0 Å². The van der Waals surface area contributed by atoms with Gasteiger partial charge in [-0.2, -0.15) is 0 Å². The molecule has 1 saturated heterocycles. The van der Waals surface area contributed by atoms with Crippen molar-refractivity contribution in [3.05, 3.63) is 18.5 Å². The minimum Gasteiger partial charge on any atom is -0.405 e. The first kappa shape index (κ1) is 7.70. The standard InChI is InChI=1S/C7H9BN2O2/c1-3-9-7(10-4-1)8-11-5-2-6-12-8/h1,3-4H,2,5-6H2. The first-order valence-corrected chi connectivity index (χ1v) is 3.97. The second-order valence-corrected chi connectivity index (χ2v) is 2.53. The first-order valence-electron chi connectivity index (χ1n) is 3.97. The monoisotopic (exact) mass is 164 g/mol. The lowest BCUT2D eigenvalue weighted by Gasteiger charge is -2.17. The topological polar surface area (TPSA) is 44.2 Å². The molecule has 0 radical (unpaired) electrons. The van der Waals surface area contributed by atoms with Crippen LogP contribution in [0.25, 0.3) is 0 Å². The summed E-state index contributed by atoms with van der Waals surface area (Å²) in [4.78, 5) is 8.08. The maximum Gasteiger partial charge on any atom is 0.533 e. The van der Waals surface area contributed by atoms with Crippen LogP contribution in [0.1, 0.15) is 6.42 Å². The molecule has 0 amide bonds. The van der Waals surface area contributed by atoms with Crippen LogP contribution in [0.5, 0.6) is 0 Å². The van der Waals surface area contributed by atoms with Gasteiger partial charge in [0.05, 0.1) is 0 Å². The molecule has 1 fully saturated rings. The summed E-state index contributed by atoms with van der Waals surface area (Å²) in [5.41, 5.74) is 0.609. The van der Waals surface area contributed by atoms with Crippen molar-refractivity contribution in [1.29, 1.82) is 0 Å². The van der Waals surface area contributed by atoms with Gasteiger partial charge in [0.25, 0.3) is 0 Å². The van der Waals surface area contributed by atoms with E-state index in [1.165, 1.54) is 0 Å². The van der Waals surface area contributed by atoms with Crippen molar-refractivity contribution >= 4 is 12.8 Å². The Morgan fingerprint density at radius 3 is 2.50 bits per heavy atom. The van der Waals surface area contributed by atoms with Crippen LogP contribution < -0.4 is 5.72 Å². The predicted molar refractivity (Wildman–Crippen MR) is 43.9 cm³/mol. The van der Waals surface area contributed by atoms with Gasteiger partial charge < -0.3 is 9.31 Å². The van der Waals surface area contributed by atoms with Crippen molar-refractivity contribution < 1.29 is 9.31 Å². The summed E-state index contributed by atoms with van der Waals surface area (Å²) in [7, 11) is -0.361. The van der Waals surface area contributed by atoms with Crippen molar-refractivity contribution in [2.45, 2.75) is 6.42 Å². The summed E-state index contributed by atoms with van der Waals surface area (Å²) in [5, 5.41) is 0. The Morgan fingerprint density at radius 2 is 1.83 bits per heavy atom. The summed E-state index contributed by atoms with van der Waals surface area (Å²) in [5.74, 6) is 0. The van der Waals surface area contributed by atoms with Gasteiger partial charge in [-0.3, -0.25) is 0 Å². The number of aromatic nitrogens is 2. The van der Waals surface area contributed by atoms with Gasteiger partial charge in [0.2, 0.25) is 0 Å². The van der Waals surface area contributed by atoms with E-state index in [1.54, 1.807) is 18.5 Å². The highest BCUT2D eigenvalue weighted by Gasteiger charge is 2.26. The Bertz CT molecular complexity index is 238. The van der Waals surface area contributed by atoms with E-state index in [2.05, 4.69) is 9.97 Å². The molecule has 4 nitrogen and oxygen atoms in total. The predicted octanol–water partition coefficient (Wildman–Crippen LogP) is -0.391. The number of hydrogen-bond donors (Lipinski definition) is 0. The average Bonchev–Trinajstić information content (AvgIpc) is 2.21. The Hall–Kier alpha value is -0.935. The fraction of sp³-hybridized carbons (Fsp3) is 0.429. The second kappa shape index (κ2) is 3.64. The van der Waals surface area contributed by atoms with Crippen molar-refractivity contribution in [2.75, 3.05) is 13.2 Å². The van der Waals surface area contributed by atoms with Crippen LogP contribution in [0.15, 0.2) is 18.5 Å². The molecule has 2 heterocycles. The van der Waals surface area contributed by atoms with Crippen LogP contribution >= 0.6 is 0 Å². The molecule has 1 aromatic heterocycles. The summed E-state index contributed by atoms with van der Waals surface area (Å²) < 4.78 is 10.6. The molecule has 0 saturated carbocycles. The number of rotatable bonds is 1. The molecule has 5 heteroatoms. The van der Waals surface area contributed by atoms with E-state index in [0.29, 0.717) is 5.72 Å². The Morgan fingerprint density at radius 1 is 1.17 bits per heavy atom. The van der Waals surface area contributed by atoms with Crippen LogP contribution in [-0.4, -0.2) is 30.3 Å². The first-order chi connectivity index (χ1) is 5.97. The lowest BCUT2D eigenvalue weighted by molar-refractivity contribution is 0.142. The summed E-state index contributed by atoms with van der Waals surface area (Å²) in [6.07, 6.45) is 4.32. The van der Waals surface area contributed by atoms with E-state index in [-0.39, 0.29) is 7.12 Å². The summed E-state index contributed by atoms with van der Waals surface area (Å²) in [6.45, 7) is 1.45. The normalized spacial score (nSPS) is 17.8. The van der Waals surface area contributed by atoms with Gasteiger partial charge >= 0.3 is 7.12 Å². The van der Waals surface area contributed by atoms with E-state index in [9.17, 15) is 0 Å². The van der Waals surface area contributed by atoms with Crippen molar-refractivity contribution in [3.8, 4) is 0 Å². The highest BCUT2D eigenvalue weighted by atomic mass is 16.6. The molecule has 0 spiro atoms. The minimum absolute atomic E-state index is 0.361. The molecule has 0 bridgehead atoms.